The molecule has 1 aromatic rings. The van der Waals surface area contributed by atoms with Gasteiger partial charge in [0.15, 0.2) is 0 Å². The van der Waals surface area contributed by atoms with E-state index in [2.05, 4.69) is 5.32 Å². The van der Waals surface area contributed by atoms with Crippen LogP contribution in [0, 0.1) is 5.82 Å². The molecule has 0 amide bonds. The Bertz CT molecular complexity index is 328. The molecule has 2 rings (SSSR count). The van der Waals surface area contributed by atoms with Crippen molar-refractivity contribution in [3.8, 4) is 0 Å². The summed E-state index contributed by atoms with van der Waals surface area (Å²) in [5, 5.41) is 3.22. The molecule has 0 radical (unpaired) electrons. The molecule has 0 aromatic heterocycles. The maximum atomic E-state index is 13.2. The Balaban J connectivity index is 0.000000980. The number of hydrogen-bond acceptors (Lipinski definition) is 1. The SMILES string of the molecule is Cl.Fc1ccccc1/C=C1\CCNC1. The number of nitrogens with one attached hydrogen (secondary N) is 1. The summed E-state index contributed by atoms with van der Waals surface area (Å²) in [7, 11) is 0. The molecule has 1 aromatic carbocycles. The Hall–Kier alpha value is -0.860. The third-order valence-electron chi connectivity index (χ3n) is 2.24. The Morgan fingerprint density at radius 2 is 2.07 bits per heavy atom. The van der Waals surface area contributed by atoms with Crippen LogP contribution in [0.5, 0.6) is 0 Å². The lowest BCUT2D eigenvalue weighted by Gasteiger charge is -1.97. The summed E-state index contributed by atoms with van der Waals surface area (Å²) in [4.78, 5) is 0. The van der Waals surface area contributed by atoms with E-state index in [1.807, 2.05) is 12.1 Å². The summed E-state index contributed by atoms with van der Waals surface area (Å²) in [5.41, 5.74) is 1.98. The van der Waals surface area contributed by atoms with Gasteiger partial charge in [-0.15, -0.1) is 12.4 Å². The Morgan fingerprint density at radius 1 is 1.29 bits per heavy atom. The predicted molar refractivity (Wildman–Crippen MR) is 59.1 cm³/mol. The molecule has 1 N–H and O–H groups in total. The van der Waals surface area contributed by atoms with Gasteiger partial charge in [-0.05, 0) is 19.0 Å². The monoisotopic (exact) mass is 213 g/mol. The zero-order chi connectivity index (χ0) is 9.10. The van der Waals surface area contributed by atoms with Gasteiger partial charge in [-0.25, -0.2) is 4.39 Å². The second kappa shape index (κ2) is 5.13. The lowest BCUT2D eigenvalue weighted by atomic mass is 10.1. The van der Waals surface area contributed by atoms with Crippen LogP contribution in [0.2, 0.25) is 0 Å². The van der Waals surface area contributed by atoms with Gasteiger partial charge in [0.1, 0.15) is 5.82 Å². The predicted octanol–water partition coefficient (Wildman–Crippen LogP) is 2.62. The molecule has 0 bridgehead atoms. The first-order chi connectivity index (χ1) is 6.36. The highest BCUT2D eigenvalue weighted by atomic mass is 35.5. The molecule has 0 saturated carbocycles. The van der Waals surface area contributed by atoms with Crippen LogP contribution in [0.1, 0.15) is 12.0 Å². The van der Waals surface area contributed by atoms with Crippen molar-refractivity contribution >= 4 is 18.5 Å². The molecule has 76 valence electrons. The standard InChI is InChI=1S/C11H12FN.ClH/c12-11-4-2-1-3-10(11)7-9-5-6-13-8-9;/h1-4,7,13H,5-6,8H2;1H/b9-7+;. The maximum absolute atomic E-state index is 13.2. The van der Waals surface area contributed by atoms with E-state index in [-0.39, 0.29) is 18.2 Å². The van der Waals surface area contributed by atoms with Crippen molar-refractivity contribution in [1.29, 1.82) is 0 Å². The van der Waals surface area contributed by atoms with Crippen LogP contribution in [0.3, 0.4) is 0 Å². The zero-order valence-corrected chi connectivity index (χ0v) is 8.61. The minimum absolute atomic E-state index is 0. The zero-order valence-electron chi connectivity index (χ0n) is 7.79. The molecule has 0 spiro atoms. The van der Waals surface area contributed by atoms with E-state index in [9.17, 15) is 4.39 Å². The van der Waals surface area contributed by atoms with Crippen LogP contribution in [-0.2, 0) is 0 Å². The molecule has 0 unspecified atom stereocenters. The second-order valence-electron chi connectivity index (χ2n) is 3.25. The van der Waals surface area contributed by atoms with Crippen LogP contribution >= 0.6 is 12.4 Å². The van der Waals surface area contributed by atoms with Crippen LogP contribution in [-0.4, -0.2) is 13.1 Å². The molecule has 1 aliphatic heterocycles. The van der Waals surface area contributed by atoms with Gasteiger partial charge in [0.2, 0.25) is 0 Å². The third kappa shape index (κ3) is 2.56. The fraction of sp³-hybridized carbons (Fsp3) is 0.273. The molecule has 3 heteroatoms. The largest absolute Gasteiger partial charge is 0.313 e. The summed E-state index contributed by atoms with van der Waals surface area (Å²) < 4.78 is 13.2. The molecule has 0 atom stereocenters. The highest BCUT2D eigenvalue weighted by molar-refractivity contribution is 5.85. The van der Waals surface area contributed by atoms with E-state index in [0.29, 0.717) is 5.56 Å². The van der Waals surface area contributed by atoms with Gasteiger partial charge in [0.05, 0.1) is 0 Å². The molecular formula is C11H13ClFN. The maximum Gasteiger partial charge on any atom is 0.130 e. The smallest absolute Gasteiger partial charge is 0.130 e. The molecule has 1 nitrogen and oxygen atoms in total. The second-order valence-corrected chi connectivity index (χ2v) is 3.25. The first-order valence-corrected chi connectivity index (χ1v) is 4.51. The summed E-state index contributed by atoms with van der Waals surface area (Å²) in [6.45, 7) is 1.91. The Labute approximate surface area is 89.4 Å². The van der Waals surface area contributed by atoms with Gasteiger partial charge in [-0.1, -0.05) is 29.8 Å². The van der Waals surface area contributed by atoms with Crippen molar-refractivity contribution < 1.29 is 4.39 Å². The average molecular weight is 214 g/mol. The van der Waals surface area contributed by atoms with Crippen LogP contribution in [0.4, 0.5) is 4.39 Å². The number of rotatable bonds is 1. The van der Waals surface area contributed by atoms with Crippen LogP contribution in [0.25, 0.3) is 6.08 Å². The lowest BCUT2D eigenvalue weighted by molar-refractivity contribution is 0.625. The summed E-state index contributed by atoms with van der Waals surface area (Å²) in [6.07, 6.45) is 2.98. The fourth-order valence-corrected chi connectivity index (χ4v) is 1.52. The van der Waals surface area contributed by atoms with Gasteiger partial charge in [0, 0.05) is 12.1 Å². The van der Waals surface area contributed by atoms with Crippen molar-refractivity contribution in [2.75, 3.05) is 13.1 Å². The van der Waals surface area contributed by atoms with Crippen molar-refractivity contribution in [2.24, 2.45) is 0 Å². The van der Waals surface area contributed by atoms with Crippen molar-refractivity contribution in [2.45, 2.75) is 6.42 Å². The highest BCUT2D eigenvalue weighted by Gasteiger charge is 2.06. The van der Waals surface area contributed by atoms with Gasteiger partial charge in [-0.3, -0.25) is 0 Å². The van der Waals surface area contributed by atoms with Gasteiger partial charge < -0.3 is 5.32 Å². The first-order valence-electron chi connectivity index (χ1n) is 4.51. The minimum atomic E-state index is -0.137. The molecule has 1 fully saturated rings. The van der Waals surface area contributed by atoms with E-state index >= 15 is 0 Å². The highest BCUT2D eigenvalue weighted by Crippen LogP contribution is 2.14. The van der Waals surface area contributed by atoms with E-state index in [0.717, 1.165) is 19.5 Å². The Morgan fingerprint density at radius 3 is 2.71 bits per heavy atom. The molecular weight excluding hydrogens is 201 g/mol. The van der Waals surface area contributed by atoms with Gasteiger partial charge >= 0.3 is 0 Å². The fourth-order valence-electron chi connectivity index (χ4n) is 1.52. The summed E-state index contributed by atoms with van der Waals surface area (Å²) in [6, 6.07) is 6.87. The molecule has 0 aliphatic carbocycles. The van der Waals surface area contributed by atoms with Gasteiger partial charge in [0.25, 0.3) is 0 Å². The molecule has 1 aliphatic rings. The van der Waals surface area contributed by atoms with E-state index in [1.54, 1.807) is 12.1 Å². The quantitative estimate of drug-likeness (QED) is 0.756. The summed E-state index contributed by atoms with van der Waals surface area (Å²) >= 11 is 0. The first kappa shape index (κ1) is 11.2. The number of benzene rings is 1. The van der Waals surface area contributed by atoms with E-state index in [4.69, 9.17) is 0 Å². The van der Waals surface area contributed by atoms with Gasteiger partial charge in [-0.2, -0.15) is 0 Å². The van der Waals surface area contributed by atoms with Crippen molar-refractivity contribution in [1.82, 2.24) is 5.32 Å². The molecule has 1 saturated heterocycles. The van der Waals surface area contributed by atoms with Crippen LogP contribution in [0.15, 0.2) is 29.8 Å². The van der Waals surface area contributed by atoms with Crippen molar-refractivity contribution in [3.05, 3.63) is 41.2 Å². The van der Waals surface area contributed by atoms with E-state index < -0.39 is 0 Å². The van der Waals surface area contributed by atoms with Crippen LogP contribution < -0.4 is 5.32 Å². The molecule has 1 heterocycles. The number of halogens is 2. The average Bonchev–Trinajstić information content (AvgIpc) is 2.61. The van der Waals surface area contributed by atoms with Crippen molar-refractivity contribution in [3.63, 3.8) is 0 Å². The molecule has 14 heavy (non-hydrogen) atoms. The minimum Gasteiger partial charge on any atom is -0.313 e. The topological polar surface area (TPSA) is 12.0 Å². The third-order valence-corrected chi connectivity index (χ3v) is 2.24. The van der Waals surface area contributed by atoms with E-state index in [1.165, 1.54) is 11.6 Å². The Kier molecular flexibility index (Phi) is 4.11. The lowest BCUT2D eigenvalue weighted by Crippen LogP contribution is -2.04. The normalized spacial score (nSPS) is 18.2. The number of hydrogen-bond donors (Lipinski definition) is 1. The summed E-state index contributed by atoms with van der Waals surface area (Å²) in [5.74, 6) is -0.137.